The van der Waals surface area contributed by atoms with Crippen LogP contribution >= 0.6 is 11.6 Å². The van der Waals surface area contributed by atoms with Crippen LogP contribution < -0.4 is 15.4 Å². The van der Waals surface area contributed by atoms with Crippen LogP contribution in [0.5, 0.6) is 5.75 Å². The smallest absolute Gasteiger partial charge is 0.250 e. The molecule has 0 saturated carbocycles. The van der Waals surface area contributed by atoms with E-state index in [-0.39, 0.29) is 18.6 Å². The molecule has 1 amide bonds. The van der Waals surface area contributed by atoms with E-state index in [2.05, 4.69) is 10.6 Å². The zero-order valence-corrected chi connectivity index (χ0v) is 12.2. The zero-order valence-electron chi connectivity index (χ0n) is 11.4. The van der Waals surface area contributed by atoms with Gasteiger partial charge in [-0.15, -0.1) is 0 Å². The molecule has 1 aliphatic heterocycles. The van der Waals surface area contributed by atoms with Gasteiger partial charge in [0.2, 0.25) is 5.91 Å². The molecule has 0 bridgehead atoms. The minimum absolute atomic E-state index is 0.0651. The van der Waals surface area contributed by atoms with Gasteiger partial charge in [0.1, 0.15) is 12.4 Å². The number of nitrogens with one attached hydrogen (secondary N) is 2. The van der Waals surface area contributed by atoms with Crippen LogP contribution in [-0.4, -0.2) is 38.8 Å². The highest BCUT2D eigenvalue weighted by molar-refractivity contribution is 6.32. The van der Waals surface area contributed by atoms with Gasteiger partial charge in [0, 0.05) is 11.8 Å². The predicted octanol–water partition coefficient (Wildman–Crippen LogP) is 2.06. The average Bonchev–Trinajstić information content (AvgIpc) is 2.48. The first kappa shape index (κ1) is 15.1. The van der Waals surface area contributed by atoms with Crippen molar-refractivity contribution >= 4 is 23.2 Å². The highest BCUT2D eigenvalue weighted by Crippen LogP contribution is 2.27. The summed E-state index contributed by atoms with van der Waals surface area (Å²) in [5.41, 5.74) is 0.644. The highest BCUT2D eigenvalue weighted by atomic mass is 35.5. The fourth-order valence-corrected chi connectivity index (χ4v) is 2.28. The van der Waals surface area contributed by atoms with E-state index in [4.69, 9.17) is 21.1 Å². The number of piperidine rings is 1. The van der Waals surface area contributed by atoms with Crippen molar-refractivity contribution in [2.24, 2.45) is 0 Å². The van der Waals surface area contributed by atoms with Crippen LogP contribution in [0.2, 0.25) is 5.02 Å². The molecule has 0 atom stereocenters. The van der Waals surface area contributed by atoms with E-state index in [1.54, 1.807) is 18.2 Å². The highest BCUT2D eigenvalue weighted by Gasteiger charge is 2.15. The van der Waals surface area contributed by atoms with Gasteiger partial charge >= 0.3 is 0 Å². The molecule has 110 valence electrons. The Morgan fingerprint density at radius 3 is 2.90 bits per heavy atom. The summed E-state index contributed by atoms with van der Waals surface area (Å²) in [6, 6.07) is 5.10. The standard InChI is InChI=1S/C14H19ClN2O3/c1-19-13-8-10(2-3-12(13)15)17-14(18)9-20-11-4-6-16-7-5-11/h2-3,8,11,16H,4-7,9H2,1H3,(H,17,18). The molecule has 2 N–H and O–H groups in total. The minimum Gasteiger partial charge on any atom is -0.495 e. The van der Waals surface area contributed by atoms with E-state index in [1.165, 1.54) is 7.11 Å². The molecule has 5 nitrogen and oxygen atoms in total. The number of carbonyl (C=O) groups is 1. The molecule has 0 aromatic heterocycles. The Labute approximate surface area is 123 Å². The van der Waals surface area contributed by atoms with Crippen LogP contribution in [0.1, 0.15) is 12.8 Å². The number of carbonyl (C=O) groups excluding carboxylic acids is 1. The topological polar surface area (TPSA) is 59.6 Å². The van der Waals surface area contributed by atoms with E-state index < -0.39 is 0 Å². The Morgan fingerprint density at radius 2 is 2.20 bits per heavy atom. The fourth-order valence-electron chi connectivity index (χ4n) is 2.09. The number of benzene rings is 1. The molecule has 2 rings (SSSR count). The molecule has 1 aromatic carbocycles. The number of hydrogen-bond donors (Lipinski definition) is 2. The van der Waals surface area contributed by atoms with E-state index >= 15 is 0 Å². The van der Waals surface area contributed by atoms with Crippen LogP contribution in [0.25, 0.3) is 0 Å². The summed E-state index contributed by atoms with van der Waals surface area (Å²) in [6.07, 6.45) is 2.06. The third-order valence-electron chi connectivity index (χ3n) is 3.17. The van der Waals surface area contributed by atoms with Crippen LogP contribution in [0, 0.1) is 0 Å². The molecule has 1 aromatic rings. The summed E-state index contributed by atoms with van der Waals surface area (Å²) in [6.45, 7) is 1.96. The van der Waals surface area contributed by atoms with Crippen LogP contribution in [0.3, 0.4) is 0 Å². The van der Waals surface area contributed by atoms with Crippen molar-refractivity contribution in [2.75, 3.05) is 32.1 Å². The summed E-state index contributed by atoms with van der Waals surface area (Å²) in [4.78, 5) is 11.8. The van der Waals surface area contributed by atoms with Gasteiger partial charge in [-0.25, -0.2) is 0 Å². The predicted molar refractivity (Wildman–Crippen MR) is 78.5 cm³/mol. The molecule has 1 aliphatic rings. The summed E-state index contributed by atoms with van der Waals surface area (Å²) >= 11 is 5.93. The van der Waals surface area contributed by atoms with Gasteiger partial charge in [0.05, 0.1) is 18.2 Å². The monoisotopic (exact) mass is 298 g/mol. The minimum atomic E-state index is -0.173. The van der Waals surface area contributed by atoms with E-state index in [0.717, 1.165) is 25.9 Å². The average molecular weight is 299 g/mol. The number of methoxy groups -OCH3 is 1. The lowest BCUT2D eigenvalue weighted by molar-refractivity contribution is -0.123. The molecule has 0 unspecified atom stereocenters. The van der Waals surface area contributed by atoms with E-state index in [9.17, 15) is 4.79 Å². The van der Waals surface area contributed by atoms with Crippen LogP contribution in [0.4, 0.5) is 5.69 Å². The summed E-state index contributed by atoms with van der Waals surface area (Å²) in [5.74, 6) is 0.358. The van der Waals surface area contributed by atoms with Crippen LogP contribution in [0.15, 0.2) is 18.2 Å². The van der Waals surface area contributed by atoms with Crippen molar-refractivity contribution in [1.29, 1.82) is 0 Å². The normalized spacial score (nSPS) is 15.9. The second-order valence-corrected chi connectivity index (χ2v) is 5.07. The molecule has 1 saturated heterocycles. The largest absolute Gasteiger partial charge is 0.495 e. The first-order chi connectivity index (χ1) is 9.69. The number of hydrogen-bond acceptors (Lipinski definition) is 4. The molecule has 0 aliphatic carbocycles. The third kappa shape index (κ3) is 4.37. The maximum Gasteiger partial charge on any atom is 0.250 e. The van der Waals surface area contributed by atoms with E-state index in [0.29, 0.717) is 16.5 Å². The summed E-state index contributed by atoms with van der Waals surface area (Å²) in [7, 11) is 1.53. The Kier molecular flexibility index (Phi) is 5.64. The van der Waals surface area contributed by atoms with Gasteiger partial charge in [-0.05, 0) is 38.1 Å². The fraction of sp³-hybridized carbons (Fsp3) is 0.500. The second kappa shape index (κ2) is 7.47. The van der Waals surface area contributed by atoms with Crippen molar-refractivity contribution in [3.05, 3.63) is 23.2 Å². The first-order valence-electron chi connectivity index (χ1n) is 6.65. The van der Waals surface area contributed by atoms with Gasteiger partial charge < -0.3 is 20.1 Å². The van der Waals surface area contributed by atoms with Gasteiger partial charge in [-0.2, -0.15) is 0 Å². The Hall–Kier alpha value is -1.30. The SMILES string of the molecule is COc1cc(NC(=O)COC2CCNCC2)ccc1Cl. The molecular formula is C14H19ClN2O3. The molecule has 1 fully saturated rings. The lowest BCUT2D eigenvalue weighted by Crippen LogP contribution is -2.34. The lowest BCUT2D eigenvalue weighted by Gasteiger charge is -2.22. The molecule has 6 heteroatoms. The maximum atomic E-state index is 11.8. The third-order valence-corrected chi connectivity index (χ3v) is 3.48. The molecule has 1 heterocycles. The molecule has 0 spiro atoms. The van der Waals surface area contributed by atoms with Crippen molar-refractivity contribution in [3.63, 3.8) is 0 Å². The summed E-state index contributed by atoms with van der Waals surface area (Å²) < 4.78 is 10.7. The Morgan fingerprint density at radius 1 is 1.45 bits per heavy atom. The number of ether oxygens (including phenoxy) is 2. The van der Waals surface area contributed by atoms with Gasteiger partial charge in [-0.3, -0.25) is 4.79 Å². The molecular weight excluding hydrogens is 280 g/mol. The summed E-state index contributed by atoms with van der Waals surface area (Å²) in [5, 5.41) is 6.53. The van der Waals surface area contributed by atoms with Gasteiger partial charge in [0.25, 0.3) is 0 Å². The number of rotatable bonds is 5. The van der Waals surface area contributed by atoms with Crippen molar-refractivity contribution in [3.8, 4) is 5.75 Å². The van der Waals surface area contributed by atoms with Crippen molar-refractivity contribution in [2.45, 2.75) is 18.9 Å². The molecule has 20 heavy (non-hydrogen) atoms. The van der Waals surface area contributed by atoms with Crippen molar-refractivity contribution < 1.29 is 14.3 Å². The quantitative estimate of drug-likeness (QED) is 0.873. The first-order valence-corrected chi connectivity index (χ1v) is 7.02. The van der Waals surface area contributed by atoms with E-state index in [1.807, 2.05) is 0 Å². The second-order valence-electron chi connectivity index (χ2n) is 4.66. The number of anilines is 1. The Bertz CT molecular complexity index is 462. The van der Waals surface area contributed by atoms with Gasteiger partial charge in [-0.1, -0.05) is 11.6 Å². The number of amides is 1. The maximum absolute atomic E-state index is 11.8. The van der Waals surface area contributed by atoms with Crippen molar-refractivity contribution in [1.82, 2.24) is 5.32 Å². The van der Waals surface area contributed by atoms with Gasteiger partial charge in [0.15, 0.2) is 0 Å². The zero-order chi connectivity index (χ0) is 14.4. The lowest BCUT2D eigenvalue weighted by atomic mass is 10.1. The number of halogens is 1. The Balaban J connectivity index is 1.81. The van der Waals surface area contributed by atoms with Crippen LogP contribution in [-0.2, 0) is 9.53 Å². The molecule has 0 radical (unpaired) electrons.